The van der Waals surface area contributed by atoms with E-state index in [0.717, 1.165) is 0 Å². The van der Waals surface area contributed by atoms with Gasteiger partial charge in [0.1, 0.15) is 0 Å². The number of hydrogen-bond donors (Lipinski definition) is 1. The van der Waals surface area contributed by atoms with Crippen molar-refractivity contribution < 1.29 is 13.5 Å². The Hall–Kier alpha value is -1.42. The minimum absolute atomic E-state index is 0.141. The Morgan fingerprint density at radius 1 is 1.35 bits per heavy atom. The first-order valence-electron chi connectivity index (χ1n) is 6.47. The van der Waals surface area contributed by atoms with E-state index in [1.54, 1.807) is 32.9 Å². The van der Waals surface area contributed by atoms with Crippen molar-refractivity contribution in [2.24, 2.45) is 0 Å². The van der Waals surface area contributed by atoms with Gasteiger partial charge in [0.05, 0.1) is 17.1 Å². The van der Waals surface area contributed by atoms with Gasteiger partial charge in [0.15, 0.2) is 0 Å². The molecule has 0 amide bonds. The van der Waals surface area contributed by atoms with E-state index in [1.165, 1.54) is 16.4 Å². The number of benzene rings is 1. The molecule has 0 bridgehead atoms. The number of sulfonamides is 1. The third-order valence-corrected chi connectivity index (χ3v) is 5.04. The molecule has 0 aromatic heterocycles. The number of aliphatic hydroxyl groups is 1. The Morgan fingerprint density at radius 2 is 2.00 bits per heavy atom. The highest BCUT2D eigenvalue weighted by atomic mass is 32.2. The van der Waals surface area contributed by atoms with Gasteiger partial charge in [-0.05, 0) is 38.5 Å². The van der Waals surface area contributed by atoms with Crippen LogP contribution in [0, 0.1) is 11.3 Å². The summed E-state index contributed by atoms with van der Waals surface area (Å²) in [4.78, 5) is 0.141. The van der Waals surface area contributed by atoms with Gasteiger partial charge in [0.25, 0.3) is 0 Å². The van der Waals surface area contributed by atoms with Gasteiger partial charge in [-0.3, -0.25) is 0 Å². The first kappa shape index (κ1) is 16.6. The van der Waals surface area contributed by atoms with Crippen molar-refractivity contribution in [3.63, 3.8) is 0 Å². The summed E-state index contributed by atoms with van der Waals surface area (Å²) >= 11 is 0. The van der Waals surface area contributed by atoms with Gasteiger partial charge >= 0.3 is 0 Å². The molecule has 0 heterocycles. The largest absolute Gasteiger partial charge is 0.389 e. The smallest absolute Gasteiger partial charge is 0.243 e. The van der Waals surface area contributed by atoms with Gasteiger partial charge in [-0.15, -0.1) is 0 Å². The lowest BCUT2D eigenvalue weighted by molar-refractivity contribution is 0.199. The third-order valence-electron chi connectivity index (χ3n) is 2.97. The first-order chi connectivity index (χ1) is 9.30. The lowest BCUT2D eigenvalue weighted by atomic mass is 10.1. The molecule has 0 aliphatic rings. The maximum Gasteiger partial charge on any atom is 0.243 e. The van der Waals surface area contributed by atoms with Crippen molar-refractivity contribution in [3.8, 4) is 6.07 Å². The van der Waals surface area contributed by atoms with Gasteiger partial charge in [0.2, 0.25) is 10.0 Å². The van der Waals surface area contributed by atoms with Crippen molar-refractivity contribution in [2.75, 3.05) is 6.54 Å². The van der Waals surface area contributed by atoms with Crippen LogP contribution in [0.25, 0.3) is 0 Å². The van der Waals surface area contributed by atoms with E-state index < -0.39 is 16.1 Å². The maximum atomic E-state index is 12.6. The summed E-state index contributed by atoms with van der Waals surface area (Å²) in [5, 5.41) is 18.2. The van der Waals surface area contributed by atoms with Crippen LogP contribution in [-0.2, 0) is 10.0 Å². The second kappa shape index (κ2) is 6.84. The van der Waals surface area contributed by atoms with Crippen LogP contribution in [0.5, 0.6) is 0 Å². The van der Waals surface area contributed by atoms with Crippen LogP contribution in [0.1, 0.15) is 38.9 Å². The molecule has 1 aromatic carbocycles. The fraction of sp³-hybridized carbons (Fsp3) is 0.500. The number of nitriles is 1. The lowest BCUT2D eigenvalue weighted by Crippen LogP contribution is -2.37. The van der Waals surface area contributed by atoms with E-state index in [1.807, 2.05) is 6.07 Å². The van der Waals surface area contributed by atoms with E-state index in [2.05, 4.69) is 0 Å². The predicted molar refractivity (Wildman–Crippen MR) is 76.3 cm³/mol. The zero-order chi connectivity index (χ0) is 15.3. The molecule has 0 fully saturated rings. The molecule has 0 radical (unpaired) electrons. The topological polar surface area (TPSA) is 81.4 Å². The van der Waals surface area contributed by atoms with Crippen LogP contribution >= 0.6 is 0 Å². The Labute approximate surface area is 120 Å². The molecule has 1 unspecified atom stereocenters. The van der Waals surface area contributed by atoms with Crippen molar-refractivity contribution >= 4 is 10.0 Å². The van der Waals surface area contributed by atoms with E-state index in [-0.39, 0.29) is 23.9 Å². The molecule has 110 valence electrons. The molecule has 5 nitrogen and oxygen atoms in total. The van der Waals surface area contributed by atoms with Gasteiger partial charge in [0, 0.05) is 19.0 Å². The fourth-order valence-corrected chi connectivity index (χ4v) is 3.58. The van der Waals surface area contributed by atoms with Gasteiger partial charge in [-0.1, -0.05) is 12.1 Å². The summed E-state index contributed by atoms with van der Waals surface area (Å²) in [6.07, 6.45) is -0.579. The molecule has 0 aliphatic heterocycles. The summed E-state index contributed by atoms with van der Waals surface area (Å²) in [6.45, 7) is 5.29. The third kappa shape index (κ3) is 3.79. The van der Waals surface area contributed by atoms with Crippen LogP contribution in [0.3, 0.4) is 0 Å². The van der Waals surface area contributed by atoms with Crippen LogP contribution < -0.4 is 0 Å². The molecular formula is C14H20N2O3S. The van der Waals surface area contributed by atoms with Crippen LogP contribution in [0.4, 0.5) is 0 Å². The normalized spacial score (nSPS) is 13.4. The number of rotatable bonds is 6. The second-order valence-electron chi connectivity index (χ2n) is 4.87. The maximum absolute atomic E-state index is 12.6. The first-order valence-corrected chi connectivity index (χ1v) is 7.91. The summed E-state index contributed by atoms with van der Waals surface area (Å²) in [5.74, 6) is 0. The number of aliphatic hydroxyl groups excluding tert-OH is 1. The minimum Gasteiger partial charge on any atom is -0.389 e. The Balaban J connectivity index is 3.19. The Morgan fingerprint density at radius 3 is 2.50 bits per heavy atom. The summed E-state index contributed by atoms with van der Waals surface area (Å²) in [5.41, 5.74) is 0.551. The molecule has 20 heavy (non-hydrogen) atoms. The highest BCUT2D eigenvalue weighted by Crippen LogP contribution is 2.22. The summed E-state index contributed by atoms with van der Waals surface area (Å²) in [7, 11) is -3.66. The second-order valence-corrected chi connectivity index (χ2v) is 6.76. The van der Waals surface area contributed by atoms with Crippen LogP contribution in [-0.4, -0.2) is 30.4 Å². The Kier molecular flexibility index (Phi) is 5.69. The quantitative estimate of drug-likeness (QED) is 0.871. The monoisotopic (exact) mass is 296 g/mol. The average molecular weight is 296 g/mol. The minimum atomic E-state index is -3.66. The predicted octanol–water partition coefficient (Wildman–Crippen LogP) is 2.05. The van der Waals surface area contributed by atoms with Gasteiger partial charge in [-0.25, -0.2) is 8.42 Å². The van der Waals surface area contributed by atoms with E-state index >= 15 is 0 Å². The zero-order valence-corrected chi connectivity index (χ0v) is 12.8. The van der Waals surface area contributed by atoms with Crippen molar-refractivity contribution in [1.82, 2.24) is 4.31 Å². The molecule has 1 aromatic rings. The van der Waals surface area contributed by atoms with Crippen LogP contribution in [0.2, 0.25) is 0 Å². The molecule has 0 saturated heterocycles. The SMILES string of the molecule is CC(O)c1cccc(S(=O)(=O)N(CCC#N)C(C)C)c1. The fourth-order valence-electron chi connectivity index (χ4n) is 1.89. The highest BCUT2D eigenvalue weighted by Gasteiger charge is 2.26. The standard InChI is InChI=1S/C14H20N2O3S/c1-11(2)16(9-5-8-15)20(18,19)14-7-4-6-13(10-14)12(3)17/h4,6-7,10-12,17H,5,9H2,1-3H3. The number of hydrogen-bond acceptors (Lipinski definition) is 4. The highest BCUT2D eigenvalue weighted by molar-refractivity contribution is 7.89. The zero-order valence-electron chi connectivity index (χ0n) is 11.9. The molecule has 0 saturated carbocycles. The van der Waals surface area contributed by atoms with Crippen molar-refractivity contribution in [2.45, 2.75) is 44.2 Å². The molecule has 6 heteroatoms. The van der Waals surface area contributed by atoms with Crippen LogP contribution in [0.15, 0.2) is 29.2 Å². The molecule has 0 aliphatic carbocycles. The summed E-state index contributed by atoms with van der Waals surface area (Å²) in [6, 6.07) is 7.99. The average Bonchev–Trinajstić information content (AvgIpc) is 2.38. The van der Waals surface area contributed by atoms with Crippen molar-refractivity contribution in [1.29, 1.82) is 5.26 Å². The molecular weight excluding hydrogens is 276 g/mol. The molecule has 1 atom stereocenters. The molecule has 1 N–H and O–H groups in total. The lowest BCUT2D eigenvalue weighted by Gasteiger charge is -2.25. The van der Waals surface area contributed by atoms with E-state index in [9.17, 15) is 13.5 Å². The van der Waals surface area contributed by atoms with Gasteiger partial charge in [-0.2, -0.15) is 9.57 Å². The number of nitrogens with zero attached hydrogens (tertiary/aromatic N) is 2. The molecule has 0 spiro atoms. The molecule has 1 rings (SSSR count). The van der Waals surface area contributed by atoms with E-state index in [0.29, 0.717) is 5.56 Å². The summed E-state index contributed by atoms with van der Waals surface area (Å²) < 4.78 is 26.5. The van der Waals surface area contributed by atoms with E-state index in [4.69, 9.17) is 5.26 Å². The van der Waals surface area contributed by atoms with Gasteiger partial charge < -0.3 is 5.11 Å². The Bertz CT molecular complexity index is 589. The van der Waals surface area contributed by atoms with Crippen molar-refractivity contribution in [3.05, 3.63) is 29.8 Å².